The second-order valence-corrected chi connectivity index (χ2v) is 4.29. The summed E-state index contributed by atoms with van der Waals surface area (Å²) in [6.45, 7) is 1.94. The third-order valence-electron chi connectivity index (χ3n) is 2.03. The lowest BCUT2D eigenvalue weighted by atomic mass is 10.3. The maximum Gasteiger partial charge on any atom is 0.361 e. The molecule has 0 aliphatic carbocycles. The van der Waals surface area contributed by atoms with Gasteiger partial charge in [-0.25, -0.2) is 9.18 Å². The maximum absolute atomic E-state index is 13.5. The number of rotatable bonds is 4. The van der Waals surface area contributed by atoms with Crippen molar-refractivity contribution in [1.29, 1.82) is 0 Å². The van der Waals surface area contributed by atoms with Gasteiger partial charge in [-0.2, -0.15) is 0 Å². The minimum Gasteiger partial charge on any atom is -0.461 e. The molecule has 1 N–H and O–H groups in total. The number of H-pyrrole nitrogens is 1. The molecule has 94 valence electrons. The first-order valence-electron chi connectivity index (χ1n) is 5.23. The Kier molecular flexibility index (Phi) is 3.93. The molecule has 0 unspecified atom stereocenters. The molecule has 18 heavy (non-hydrogen) atoms. The molecule has 5 nitrogen and oxygen atoms in total. The molecule has 0 spiro atoms. The SMILES string of the molecule is CCOC(=O)c1nn[nH]c1Sc1ccccc1F. The molecule has 1 heterocycles. The van der Waals surface area contributed by atoms with Crippen LogP contribution in [0.15, 0.2) is 34.2 Å². The van der Waals surface area contributed by atoms with Crippen LogP contribution in [-0.2, 0) is 4.74 Å². The first-order valence-corrected chi connectivity index (χ1v) is 6.04. The van der Waals surface area contributed by atoms with Gasteiger partial charge < -0.3 is 4.74 Å². The van der Waals surface area contributed by atoms with Crippen molar-refractivity contribution < 1.29 is 13.9 Å². The van der Waals surface area contributed by atoms with Crippen molar-refractivity contribution in [3.8, 4) is 0 Å². The molecule has 0 amide bonds. The van der Waals surface area contributed by atoms with Gasteiger partial charge in [-0.1, -0.05) is 29.1 Å². The van der Waals surface area contributed by atoms with Crippen molar-refractivity contribution in [1.82, 2.24) is 15.4 Å². The van der Waals surface area contributed by atoms with Crippen LogP contribution in [0.2, 0.25) is 0 Å². The quantitative estimate of drug-likeness (QED) is 0.861. The third kappa shape index (κ3) is 2.67. The number of hydrogen-bond donors (Lipinski definition) is 1. The van der Waals surface area contributed by atoms with Gasteiger partial charge in [0.05, 0.1) is 6.61 Å². The van der Waals surface area contributed by atoms with Crippen LogP contribution in [-0.4, -0.2) is 28.0 Å². The number of nitrogens with zero attached hydrogens (tertiary/aromatic N) is 2. The number of ether oxygens (including phenoxy) is 1. The minimum atomic E-state index is -0.579. The van der Waals surface area contributed by atoms with Crippen molar-refractivity contribution >= 4 is 17.7 Å². The van der Waals surface area contributed by atoms with Gasteiger partial charge in [0.15, 0.2) is 0 Å². The molecule has 7 heteroatoms. The smallest absolute Gasteiger partial charge is 0.361 e. The Balaban J connectivity index is 2.23. The number of hydrogen-bond acceptors (Lipinski definition) is 5. The van der Waals surface area contributed by atoms with E-state index in [9.17, 15) is 9.18 Å². The molecule has 0 saturated carbocycles. The zero-order chi connectivity index (χ0) is 13.0. The fourth-order valence-corrected chi connectivity index (χ4v) is 2.10. The summed E-state index contributed by atoms with van der Waals surface area (Å²) in [7, 11) is 0. The van der Waals surface area contributed by atoms with Crippen molar-refractivity contribution in [2.45, 2.75) is 16.8 Å². The normalized spacial score (nSPS) is 10.3. The number of nitrogens with one attached hydrogen (secondary N) is 1. The predicted molar refractivity (Wildman–Crippen MR) is 62.9 cm³/mol. The van der Waals surface area contributed by atoms with Gasteiger partial charge >= 0.3 is 5.97 Å². The fraction of sp³-hybridized carbons (Fsp3) is 0.182. The Morgan fingerprint density at radius 1 is 1.50 bits per heavy atom. The Morgan fingerprint density at radius 2 is 2.28 bits per heavy atom. The van der Waals surface area contributed by atoms with Gasteiger partial charge in [0.2, 0.25) is 5.69 Å². The Hall–Kier alpha value is -1.89. The van der Waals surface area contributed by atoms with Crippen LogP contribution < -0.4 is 0 Å². The zero-order valence-corrected chi connectivity index (χ0v) is 10.3. The summed E-state index contributed by atoms with van der Waals surface area (Å²) in [5, 5.41) is 10.1. The molecule has 2 rings (SSSR count). The molecule has 0 fully saturated rings. The molecule has 0 bridgehead atoms. The molecule has 0 aliphatic rings. The van der Waals surface area contributed by atoms with E-state index >= 15 is 0 Å². The van der Waals surface area contributed by atoms with Crippen LogP contribution >= 0.6 is 11.8 Å². The largest absolute Gasteiger partial charge is 0.461 e. The molecular formula is C11H10FN3O2S. The Bertz CT molecular complexity index is 559. The molecule has 2 aromatic rings. The predicted octanol–water partition coefficient (Wildman–Crippen LogP) is 2.27. The molecule has 1 aromatic heterocycles. The van der Waals surface area contributed by atoms with E-state index < -0.39 is 5.97 Å². The fourth-order valence-electron chi connectivity index (χ4n) is 1.26. The van der Waals surface area contributed by atoms with Crippen LogP contribution in [0.3, 0.4) is 0 Å². The highest BCUT2D eigenvalue weighted by Crippen LogP contribution is 2.29. The van der Waals surface area contributed by atoms with Gasteiger partial charge in [0.1, 0.15) is 10.8 Å². The lowest BCUT2D eigenvalue weighted by Gasteiger charge is -2.02. The maximum atomic E-state index is 13.5. The van der Waals surface area contributed by atoms with E-state index in [4.69, 9.17) is 4.74 Å². The Labute approximate surface area is 107 Å². The van der Waals surface area contributed by atoms with Gasteiger partial charge in [-0.3, -0.25) is 5.10 Å². The average molecular weight is 267 g/mol. The van der Waals surface area contributed by atoms with E-state index in [1.807, 2.05) is 0 Å². The topological polar surface area (TPSA) is 67.9 Å². The van der Waals surface area contributed by atoms with Gasteiger partial charge in [0.25, 0.3) is 0 Å². The molecule has 0 atom stereocenters. The highest BCUT2D eigenvalue weighted by molar-refractivity contribution is 7.99. The first kappa shape index (κ1) is 12.6. The van der Waals surface area contributed by atoms with E-state index in [0.717, 1.165) is 11.8 Å². The second kappa shape index (κ2) is 5.63. The molecule has 0 saturated heterocycles. The highest BCUT2D eigenvalue weighted by Gasteiger charge is 2.18. The van der Waals surface area contributed by atoms with Crippen LogP contribution in [0.5, 0.6) is 0 Å². The number of carbonyl (C=O) groups is 1. The zero-order valence-electron chi connectivity index (χ0n) is 9.51. The lowest BCUT2D eigenvalue weighted by Crippen LogP contribution is -2.06. The van der Waals surface area contributed by atoms with E-state index in [-0.39, 0.29) is 18.1 Å². The summed E-state index contributed by atoms with van der Waals surface area (Å²) in [6, 6.07) is 6.25. The number of aromatic amines is 1. The summed E-state index contributed by atoms with van der Waals surface area (Å²) in [6.07, 6.45) is 0. The number of carbonyl (C=O) groups excluding carboxylic acids is 1. The standard InChI is InChI=1S/C11H10FN3O2S/c1-2-17-11(16)9-10(14-15-13-9)18-8-6-4-3-5-7(8)12/h3-6H,2H2,1H3,(H,13,14,15). The van der Waals surface area contributed by atoms with Gasteiger partial charge in [0, 0.05) is 4.90 Å². The molecule has 0 aliphatic heterocycles. The lowest BCUT2D eigenvalue weighted by molar-refractivity contribution is 0.0515. The van der Waals surface area contributed by atoms with Crippen LogP contribution in [0.4, 0.5) is 4.39 Å². The minimum absolute atomic E-state index is 0.0603. The number of esters is 1. The molecular weight excluding hydrogens is 257 g/mol. The average Bonchev–Trinajstić information content (AvgIpc) is 2.81. The van der Waals surface area contributed by atoms with Crippen molar-refractivity contribution in [2.24, 2.45) is 0 Å². The molecule has 0 radical (unpaired) electrons. The van der Waals surface area contributed by atoms with E-state index in [1.54, 1.807) is 25.1 Å². The summed E-state index contributed by atoms with van der Waals surface area (Å²) in [5.41, 5.74) is 0.0603. The third-order valence-corrected chi connectivity index (χ3v) is 3.07. The number of benzene rings is 1. The van der Waals surface area contributed by atoms with E-state index in [0.29, 0.717) is 9.92 Å². The monoisotopic (exact) mass is 267 g/mol. The van der Waals surface area contributed by atoms with Gasteiger partial charge in [-0.05, 0) is 19.1 Å². The van der Waals surface area contributed by atoms with Crippen molar-refractivity contribution in [3.63, 3.8) is 0 Å². The van der Waals surface area contributed by atoms with Crippen molar-refractivity contribution in [2.75, 3.05) is 6.61 Å². The van der Waals surface area contributed by atoms with Gasteiger partial charge in [-0.15, -0.1) is 5.10 Å². The Morgan fingerprint density at radius 3 is 3.00 bits per heavy atom. The summed E-state index contributed by atoms with van der Waals surface area (Å²) in [5.74, 6) is -0.947. The summed E-state index contributed by atoms with van der Waals surface area (Å²) < 4.78 is 18.3. The highest BCUT2D eigenvalue weighted by atomic mass is 32.2. The van der Waals surface area contributed by atoms with E-state index in [1.165, 1.54) is 6.07 Å². The van der Waals surface area contributed by atoms with Crippen LogP contribution in [0.25, 0.3) is 0 Å². The first-order chi connectivity index (χ1) is 8.72. The van der Waals surface area contributed by atoms with Crippen LogP contribution in [0, 0.1) is 5.82 Å². The second-order valence-electron chi connectivity index (χ2n) is 3.24. The summed E-state index contributed by atoms with van der Waals surface area (Å²) >= 11 is 1.05. The number of aromatic nitrogens is 3. The van der Waals surface area contributed by atoms with Crippen LogP contribution in [0.1, 0.15) is 17.4 Å². The van der Waals surface area contributed by atoms with Crippen molar-refractivity contribution in [3.05, 3.63) is 35.8 Å². The van der Waals surface area contributed by atoms with E-state index in [2.05, 4.69) is 15.4 Å². The molecule has 1 aromatic carbocycles. The summed E-state index contributed by atoms with van der Waals surface area (Å²) in [4.78, 5) is 11.9. The number of halogens is 1.